The van der Waals surface area contributed by atoms with Crippen molar-refractivity contribution in [3.8, 4) is 22.3 Å². The molecule has 30 heavy (non-hydrogen) atoms. The van der Waals surface area contributed by atoms with Gasteiger partial charge in [0.2, 0.25) is 0 Å². The minimum atomic E-state index is -0.840. The molecule has 1 aliphatic carbocycles. The second-order valence-corrected chi connectivity index (χ2v) is 8.26. The largest absolute Gasteiger partial charge is 0.478 e. The lowest BCUT2D eigenvalue weighted by atomic mass is 9.89. The zero-order valence-corrected chi connectivity index (χ0v) is 17.0. The summed E-state index contributed by atoms with van der Waals surface area (Å²) in [5.74, 6) is -0.503. The minimum absolute atomic E-state index is 0.337. The Labute approximate surface area is 175 Å². The fourth-order valence-electron chi connectivity index (χ4n) is 4.74. The van der Waals surface area contributed by atoms with E-state index in [-0.39, 0.29) is 0 Å². The van der Waals surface area contributed by atoms with Crippen LogP contribution in [-0.4, -0.2) is 20.7 Å². The highest BCUT2D eigenvalue weighted by molar-refractivity contribution is 5.92. The SMILES string of the molecule is Cc1cccc(-c2cc3c(-c4ccc(C(=O)O)c(C5CCCC5)c4)ccnn3c2)c1. The average molecular weight is 396 g/mol. The normalized spacial score (nSPS) is 14.4. The number of fused-ring (bicyclic) bond motifs is 1. The number of benzene rings is 2. The number of aromatic carboxylic acids is 1. The molecule has 0 unspecified atom stereocenters. The molecule has 4 nitrogen and oxygen atoms in total. The molecule has 150 valence electrons. The first-order valence-corrected chi connectivity index (χ1v) is 10.5. The van der Waals surface area contributed by atoms with Crippen molar-refractivity contribution in [2.24, 2.45) is 0 Å². The monoisotopic (exact) mass is 396 g/mol. The Kier molecular flexibility index (Phi) is 4.62. The molecule has 2 heterocycles. The van der Waals surface area contributed by atoms with E-state index in [1.54, 1.807) is 6.07 Å². The van der Waals surface area contributed by atoms with Gasteiger partial charge in [-0.3, -0.25) is 0 Å². The van der Waals surface area contributed by atoms with Gasteiger partial charge < -0.3 is 5.11 Å². The highest BCUT2D eigenvalue weighted by Gasteiger charge is 2.23. The van der Waals surface area contributed by atoms with Crippen molar-refractivity contribution >= 4 is 11.5 Å². The van der Waals surface area contributed by atoms with Gasteiger partial charge in [-0.25, -0.2) is 9.31 Å². The molecular weight excluding hydrogens is 372 g/mol. The summed E-state index contributed by atoms with van der Waals surface area (Å²) < 4.78 is 1.91. The highest BCUT2D eigenvalue weighted by atomic mass is 16.4. The molecule has 0 amide bonds. The van der Waals surface area contributed by atoms with Gasteiger partial charge in [-0.1, -0.05) is 48.7 Å². The van der Waals surface area contributed by atoms with Gasteiger partial charge in [0.25, 0.3) is 0 Å². The van der Waals surface area contributed by atoms with E-state index < -0.39 is 5.97 Å². The summed E-state index contributed by atoms with van der Waals surface area (Å²) in [7, 11) is 0. The van der Waals surface area contributed by atoms with E-state index in [2.05, 4.69) is 54.6 Å². The molecule has 0 bridgehead atoms. The van der Waals surface area contributed by atoms with Crippen molar-refractivity contribution in [1.82, 2.24) is 9.61 Å². The zero-order valence-electron chi connectivity index (χ0n) is 17.0. The standard InChI is InChI=1S/C26H24N2O2/c1-17-5-4-8-19(13-17)21-15-25-22(11-12-27-28(25)16-21)20-9-10-23(26(29)30)24(14-20)18-6-2-3-7-18/h4-5,8-16,18H,2-3,6-7H2,1H3,(H,29,30). The van der Waals surface area contributed by atoms with E-state index in [0.717, 1.165) is 40.6 Å². The Bertz CT molecular complexity index is 1250. The molecule has 1 N–H and O–H groups in total. The first kappa shape index (κ1) is 18.6. The van der Waals surface area contributed by atoms with Gasteiger partial charge in [-0.05, 0) is 66.6 Å². The van der Waals surface area contributed by atoms with E-state index in [1.165, 1.54) is 24.0 Å². The number of nitrogens with zero attached hydrogens (tertiary/aromatic N) is 2. The van der Waals surface area contributed by atoms with Gasteiger partial charge in [0.1, 0.15) is 0 Å². The van der Waals surface area contributed by atoms with Gasteiger partial charge in [0, 0.05) is 23.5 Å². The molecule has 1 saturated carbocycles. The van der Waals surface area contributed by atoms with Crippen LogP contribution in [0, 0.1) is 6.92 Å². The summed E-state index contributed by atoms with van der Waals surface area (Å²) in [6.07, 6.45) is 8.34. The van der Waals surface area contributed by atoms with Crippen LogP contribution >= 0.6 is 0 Å². The van der Waals surface area contributed by atoms with E-state index in [0.29, 0.717) is 11.5 Å². The van der Waals surface area contributed by atoms with Crippen molar-refractivity contribution in [2.75, 3.05) is 0 Å². The Morgan fingerprint density at radius 2 is 1.83 bits per heavy atom. The lowest BCUT2D eigenvalue weighted by molar-refractivity contribution is 0.0695. The predicted molar refractivity (Wildman–Crippen MR) is 119 cm³/mol. The van der Waals surface area contributed by atoms with Crippen molar-refractivity contribution in [3.63, 3.8) is 0 Å². The fraction of sp³-hybridized carbons (Fsp3) is 0.231. The lowest BCUT2D eigenvalue weighted by Gasteiger charge is -2.15. The van der Waals surface area contributed by atoms with Crippen LogP contribution in [0.25, 0.3) is 27.8 Å². The highest BCUT2D eigenvalue weighted by Crippen LogP contribution is 2.38. The average Bonchev–Trinajstić information content (AvgIpc) is 3.43. The molecule has 0 saturated heterocycles. The Hall–Kier alpha value is -3.40. The first-order valence-electron chi connectivity index (χ1n) is 10.5. The molecule has 1 fully saturated rings. The molecule has 5 rings (SSSR count). The topological polar surface area (TPSA) is 54.6 Å². The molecule has 0 aliphatic heterocycles. The van der Waals surface area contributed by atoms with Gasteiger partial charge >= 0.3 is 5.97 Å². The molecular formula is C26H24N2O2. The van der Waals surface area contributed by atoms with Crippen LogP contribution in [0.3, 0.4) is 0 Å². The Balaban J connectivity index is 1.64. The first-order chi connectivity index (χ1) is 14.6. The van der Waals surface area contributed by atoms with Crippen LogP contribution in [0.4, 0.5) is 0 Å². The predicted octanol–water partition coefficient (Wildman–Crippen LogP) is 6.33. The summed E-state index contributed by atoms with van der Waals surface area (Å²) >= 11 is 0. The van der Waals surface area contributed by atoms with E-state index in [1.807, 2.05) is 22.8 Å². The maximum absolute atomic E-state index is 11.8. The summed E-state index contributed by atoms with van der Waals surface area (Å²) in [5, 5.41) is 14.2. The number of carboxylic acids is 1. The third-order valence-corrected chi connectivity index (χ3v) is 6.25. The van der Waals surface area contributed by atoms with Crippen LogP contribution in [0.15, 0.2) is 67.0 Å². The van der Waals surface area contributed by atoms with Crippen LogP contribution in [0.1, 0.15) is 53.1 Å². The molecule has 4 aromatic rings. The molecule has 4 heteroatoms. The number of aryl methyl sites for hydroxylation is 1. The molecule has 2 aromatic carbocycles. The lowest BCUT2D eigenvalue weighted by Crippen LogP contribution is -2.06. The van der Waals surface area contributed by atoms with Gasteiger partial charge in [0.05, 0.1) is 11.1 Å². The van der Waals surface area contributed by atoms with Crippen molar-refractivity contribution in [2.45, 2.75) is 38.5 Å². The summed E-state index contributed by atoms with van der Waals surface area (Å²) in [6.45, 7) is 2.09. The third-order valence-electron chi connectivity index (χ3n) is 6.25. The summed E-state index contributed by atoms with van der Waals surface area (Å²) in [4.78, 5) is 11.8. The molecule has 2 aromatic heterocycles. The van der Waals surface area contributed by atoms with E-state index in [9.17, 15) is 9.90 Å². The third kappa shape index (κ3) is 3.28. The van der Waals surface area contributed by atoms with Gasteiger partial charge in [0.15, 0.2) is 0 Å². The molecule has 0 radical (unpaired) electrons. The molecule has 1 aliphatic rings. The number of hydrogen-bond donors (Lipinski definition) is 1. The molecule has 0 spiro atoms. The summed E-state index contributed by atoms with van der Waals surface area (Å²) in [6, 6.07) is 18.4. The maximum Gasteiger partial charge on any atom is 0.335 e. The van der Waals surface area contributed by atoms with Crippen molar-refractivity contribution in [1.29, 1.82) is 0 Å². The number of hydrogen-bond acceptors (Lipinski definition) is 2. The van der Waals surface area contributed by atoms with Crippen LogP contribution in [0.5, 0.6) is 0 Å². The van der Waals surface area contributed by atoms with E-state index >= 15 is 0 Å². The maximum atomic E-state index is 11.8. The number of aromatic nitrogens is 2. The number of carboxylic acid groups (broad SMARTS) is 1. The van der Waals surface area contributed by atoms with E-state index in [4.69, 9.17) is 0 Å². The van der Waals surface area contributed by atoms with Gasteiger partial charge in [-0.15, -0.1) is 0 Å². The van der Waals surface area contributed by atoms with Crippen LogP contribution in [-0.2, 0) is 0 Å². The van der Waals surface area contributed by atoms with Crippen LogP contribution < -0.4 is 0 Å². The second kappa shape index (κ2) is 7.45. The zero-order chi connectivity index (χ0) is 20.7. The second-order valence-electron chi connectivity index (χ2n) is 8.26. The van der Waals surface area contributed by atoms with Crippen LogP contribution in [0.2, 0.25) is 0 Å². The molecule has 0 atom stereocenters. The van der Waals surface area contributed by atoms with Gasteiger partial charge in [-0.2, -0.15) is 5.10 Å². The Morgan fingerprint density at radius 3 is 2.60 bits per heavy atom. The fourth-order valence-corrected chi connectivity index (χ4v) is 4.74. The smallest absolute Gasteiger partial charge is 0.335 e. The quantitative estimate of drug-likeness (QED) is 0.438. The summed E-state index contributed by atoms with van der Waals surface area (Å²) in [5.41, 5.74) is 8.06. The minimum Gasteiger partial charge on any atom is -0.478 e. The van der Waals surface area contributed by atoms with Crippen molar-refractivity contribution in [3.05, 3.63) is 83.7 Å². The van der Waals surface area contributed by atoms with Crippen molar-refractivity contribution < 1.29 is 9.90 Å². The Morgan fingerprint density at radius 1 is 1.00 bits per heavy atom. The number of rotatable bonds is 4. The number of carbonyl (C=O) groups is 1.